The molecule has 0 saturated heterocycles. The Morgan fingerprint density at radius 1 is 0.317 bits per heavy atom. The molecule has 0 aliphatic rings. The average molecular weight is 891 g/mol. The van der Waals surface area contributed by atoms with Crippen LogP contribution in [0.4, 0.5) is 0 Å². The number of hydrogen-bond donors (Lipinski definition) is 3. The molecule has 0 radical (unpaired) electrons. The third-order valence-corrected chi connectivity index (χ3v) is 14.4. The van der Waals surface area contributed by atoms with E-state index in [0.717, 1.165) is 25.7 Å². The highest BCUT2D eigenvalue weighted by molar-refractivity contribution is 5.76. The van der Waals surface area contributed by atoms with Gasteiger partial charge < -0.3 is 15.5 Å². The molecular weight excluding hydrogens is 771 g/mol. The van der Waals surface area contributed by atoms with Crippen LogP contribution >= 0.6 is 0 Å². The minimum atomic E-state index is -0.655. The summed E-state index contributed by atoms with van der Waals surface area (Å²) >= 11 is 0. The van der Waals surface area contributed by atoms with Crippen LogP contribution < -0.4 is 5.32 Å². The van der Waals surface area contributed by atoms with Gasteiger partial charge in [0, 0.05) is 6.42 Å². The van der Waals surface area contributed by atoms with Crippen LogP contribution in [0.5, 0.6) is 0 Å². The molecular formula is C59H119NO3. The molecule has 0 fully saturated rings. The molecule has 0 spiro atoms. The van der Waals surface area contributed by atoms with Gasteiger partial charge in [0.05, 0.1) is 18.8 Å². The molecule has 0 aromatic carbocycles. The summed E-state index contributed by atoms with van der Waals surface area (Å²) < 4.78 is 0. The van der Waals surface area contributed by atoms with Crippen molar-refractivity contribution in [2.24, 2.45) is 0 Å². The number of unbranched alkanes of at least 4 members (excludes halogenated alkanes) is 49. The van der Waals surface area contributed by atoms with Gasteiger partial charge in [-0.15, -0.1) is 0 Å². The largest absolute Gasteiger partial charge is 0.394 e. The van der Waals surface area contributed by atoms with Crippen molar-refractivity contribution in [3.05, 3.63) is 0 Å². The van der Waals surface area contributed by atoms with Crippen LogP contribution in [0, 0.1) is 0 Å². The molecule has 0 saturated carbocycles. The molecule has 2 unspecified atom stereocenters. The molecule has 378 valence electrons. The van der Waals surface area contributed by atoms with E-state index in [9.17, 15) is 15.0 Å². The van der Waals surface area contributed by atoms with Crippen molar-refractivity contribution in [2.75, 3.05) is 6.61 Å². The number of carbonyl (C=O) groups is 1. The second-order valence-electron chi connectivity index (χ2n) is 20.8. The first kappa shape index (κ1) is 62.4. The second-order valence-corrected chi connectivity index (χ2v) is 20.8. The molecule has 1 amide bonds. The third-order valence-electron chi connectivity index (χ3n) is 14.4. The van der Waals surface area contributed by atoms with Gasteiger partial charge in [-0.3, -0.25) is 4.79 Å². The monoisotopic (exact) mass is 890 g/mol. The van der Waals surface area contributed by atoms with E-state index < -0.39 is 12.1 Å². The first-order valence-corrected chi connectivity index (χ1v) is 29.7. The van der Waals surface area contributed by atoms with E-state index in [1.165, 1.54) is 302 Å². The van der Waals surface area contributed by atoms with Gasteiger partial charge in [0.15, 0.2) is 0 Å². The number of carbonyl (C=O) groups excluding carboxylic acids is 1. The van der Waals surface area contributed by atoms with Gasteiger partial charge in [-0.2, -0.15) is 0 Å². The predicted octanol–water partition coefficient (Wildman–Crippen LogP) is 19.5. The van der Waals surface area contributed by atoms with Crippen LogP contribution in [0.15, 0.2) is 0 Å². The highest BCUT2D eigenvalue weighted by Gasteiger charge is 2.20. The van der Waals surface area contributed by atoms with Crippen LogP contribution in [0.3, 0.4) is 0 Å². The normalized spacial score (nSPS) is 12.6. The molecule has 0 bridgehead atoms. The number of nitrogens with one attached hydrogen (secondary N) is 1. The maximum absolute atomic E-state index is 12.5. The van der Waals surface area contributed by atoms with Crippen LogP contribution in [0.2, 0.25) is 0 Å². The number of amides is 1. The van der Waals surface area contributed by atoms with E-state index in [2.05, 4.69) is 19.2 Å². The highest BCUT2D eigenvalue weighted by atomic mass is 16.3. The SMILES string of the molecule is CCCCCCCCCCCCCCCCCCCCCCCCCCCCCCCCC(O)C(CO)NC(=O)CCCCCCCCCCCCCCCCCCCCCCC. The third kappa shape index (κ3) is 52.2. The molecule has 0 aromatic rings. The summed E-state index contributed by atoms with van der Waals surface area (Å²) in [6, 6.07) is -0.531. The van der Waals surface area contributed by atoms with Crippen LogP contribution in [-0.4, -0.2) is 34.9 Å². The Kier molecular flexibility index (Phi) is 55.2. The maximum Gasteiger partial charge on any atom is 0.220 e. The minimum absolute atomic E-state index is 0.0216. The fourth-order valence-electron chi connectivity index (χ4n) is 9.84. The van der Waals surface area contributed by atoms with Crippen molar-refractivity contribution < 1.29 is 15.0 Å². The lowest BCUT2D eigenvalue weighted by atomic mass is 10.0. The van der Waals surface area contributed by atoms with E-state index in [0.29, 0.717) is 12.8 Å². The summed E-state index contributed by atoms with van der Waals surface area (Å²) in [7, 11) is 0. The van der Waals surface area contributed by atoms with Gasteiger partial charge in [0.1, 0.15) is 0 Å². The second kappa shape index (κ2) is 55.7. The zero-order chi connectivity index (χ0) is 45.6. The zero-order valence-corrected chi connectivity index (χ0v) is 43.6. The molecule has 0 aliphatic heterocycles. The highest BCUT2D eigenvalue weighted by Crippen LogP contribution is 2.19. The van der Waals surface area contributed by atoms with E-state index in [1.54, 1.807) is 0 Å². The number of rotatable bonds is 56. The molecule has 4 nitrogen and oxygen atoms in total. The van der Waals surface area contributed by atoms with Gasteiger partial charge in [-0.1, -0.05) is 335 Å². The Hall–Kier alpha value is -0.610. The molecule has 63 heavy (non-hydrogen) atoms. The van der Waals surface area contributed by atoms with Crippen LogP contribution in [-0.2, 0) is 4.79 Å². The minimum Gasteiger partial charge on any atom is -0.394 e. The number of hydrogen-bond acceptors (Lipinski definition) is 3. The Morgan fingerprint density at radius 2 is 0.508 bits per heavy atom. The molecule has 3 N–H and O–H groups in total. The number of aliphatic hydroxyl groups is 2. The van der Waals surface area contributed by atoms with Crippen molar-refractivity contribution in [1.29, 1.82) is 0 Å². The molecule has 2 atom stereocenters. The summed E-state index contributed by atoms with van der Waals surface area (Å²) in [5, 5.41) is 23.4. The number of aliphatic hydroxyl groups excluding tert-OH is 2. The predicted molar refractivity (Wildman–Crippen MR) is 281 cm³/mol. The van der Waals surface area contributed by atoms with Crippen molar-refractivity contribution in [1.82, 2.24) is 5.32 Å². The summed E-state index contributed by atoms with van der Waals surface area (Å²) in [5.74, 6) is -0.0216. The zero-order valence-electron chi connectivity index (χ0n) is 43.6. The van der Waals surface area contributed by atoms with Gasteiger partial charge >= 0.3 is 0 Å². The Morgan fingerprint density at radius 3 is 0.714 bits per heavy atom. The smallest absolute Gasteiger partial charge is 0.220 e. The summed E-state index contributed by atoms with van der Waals surface area (Å²) in [4.78, 5) is 12.5. The fraction of sp³-hybridized carbons (Fsp3) is 0.983. The van der Waals surface area contributed by atoms with Crippen molar-refractivity contribution in [2.45, 2.75) is 366 Å². The lowest BCUT2D eigenvalue weighted by molar-refractivity contribution is -0.123. The topological polar surface area (TPSA) is 69.6 Å². The summed E-state index contributed by atoms with van der Waals surface area (Å²) in [5.41, 5.74) is 0. The van der Waals surface area contributed by atoms with E-state index >= 15 is 0 Å². The van der Waals surface area contributed by atoms with Gasteiger partial charge in [-0.25, -0.2) is 0 Å². The average Bonchev–Trinajstić information content (AvgIpc) is 3.29. The van der Waals surface area contributed by atoms with Gasteiger partial charge in [0.25, 0.3) is 0 Å². The first-order valence-electron chi connectivity index (χ1n) is 29.7. The van der Waals surface area contributed by atoms with Crippen molar-refractivity contribution in [3.63, 3.8) is 0 Å². The Labute approximate surface area is 397 Å². The van der Waals surface area contributed by atoms with Crippen molar-refractivity contribution >= 4 is 5.91 Å². The molecule has 0 rings (SSSR count). The van der Waals surface area contributed by atoms with E-state index in [4.69, 9.17) is 0 Å². The Balaban J connectivity index is 3.38. The maximum atomic E-state index is 12.5. The van der Waals surface area contributed by atoms with Gasteiger partial charge in [0.2, 0.25) is 5.91 Å². The van der Waals surface area contributed by atoms with Crippen LogP contribution in [0.25, 0.3) is 0 Å². The van der Waals surface area contributed by atoms with Crippen LogP contribution in [0.1, 0.15) is 354 Å². The van der Waals surface area contributed by atoms with E-state index in [1.807, 2.05) is 0 Å². The molecule has 0 aromatic heterocycles. The summed E-state index contributed by atoms with van der Waals surface area (Å²) in [6.45, 7) is 4.41. The van der Waals surface area contributed by atoms with Crippen molar-refractivity contribution in [3.8, 4) is 0 Å². The first-order chi connectivity index (χ1) is 31.2. The van der Waals surface area contributed by atoms with E-state index in [-0.39, 0.29) is 12.5 Å². The fourth-order valence-corrected chi connectivity index (χ4v) is 9.84. The molecule has 0 heterocycles. The summed E-state index contributed by atoms with van der Waals surface area (Å²) in [6.07, 6.45) is 71.1. The quantitative estimate of drug-likeness (QED) is 0.0533. The lowest BCUT2D eigenvalue weighted by Gasteiger charge is -2.22. The lowest BCUT2D eigenvalue weighted by Crippen LogP contribution is -2.45. The molecule has 4 heteroatoms. The molecule has 0 aliphatic carbocycles. The van der Waals surface area contributed by atoms with Gasteiger partial charge in [-0.05, 0) is 12.8 Å². The standard InChI is InChI=1S/C59H119NO3/c1-3-5-7-9-11-13-15-17-19-21-23-25-26-27-28-29-30-31-32-33-35-36-38-40-42-44-46-48-50-52-54-58(62)57(56-61)60-59(63)55-53-51-49-47-45-43-41-39-37-34-24-22-20-18-16-14-12-10-8-6-4-2/h57-58,61-62H,3-56H2,1-2H3,(H,60,63). The Bertz CT molecular complexity index is 834.